The number of rotatable bonds is 21. The lowest BCUT2D eigenvalue weighted by Crippen LogP contribution is -2.21. The van der Waals surface area contributed by atoms with Crippen LogP contribution in [0.2, 0.25) is 0 Å². The van der Waals surface area contributed by atoms with Crippen molar-refractivity contribution in [3.05, 3.63) is 131 Å². The van der Waals surface area contributed by atoms with E-state index in [1.807, 2.05) is 0 Å². The second kappa shape index (κ2) is 23.0. The number of hydrogen-bond acceptors (Lipinski definition) is 6. The van der Waals surface area contributed by atoms with Gasteiger partial charge in [-0.25, -0.2) is 9.59 Å². The fourth-order valence-electron chi connectivity index (χ4n) is 4.95. The van der Waals surface area contributed by atoms with Crippen molar-refractivity contribution >= 4 is 24.1 Å². The average Bonchev–Trinajstić information content (AvgIpc) is 3.18. The molecule has 4 rings (SSSR count). The first-order valence-electron chi connectivity index (χ1n) is 18.4. The topological polar surface area (TPSA) is 112 Å². The number of carbonyl (C=O) groups is 2. The minimum Gasteiger partial charge on any atom is -0.494 e. The Morgan fingerprint density at radius 1 is 0.443 bits per heavy atom. The van der Waals surface area contributed by atoms with E-state index < -0.39 is 60.5 Å². The van der Waals surface area contributed by atoms with Gasteiger partial charge in [0, 0.05) is 25.0 Å². The van der Waals surface area contributed by atoms with Gasteiger partial charge in [-0.05, 0) is 128 Å². The normalized spacial score (nSPS) is 12.2. The van der Waals surface area contributed by atoms with Crippen molar-refractivity contribution in [3.63, 3.8) is 0 Å². The summed E-state index contributed by atoms with van der Waals surface area (Å²) in [4.78, 5) is 21.0. The molecule has 18 heteroatoms. The van der Waals surface area contributed by atoms with Crippen molar-refractivity contribution in [2.24, 2.45) is 0 Å². The van der Waals surface area contributed by atoms with Gasteiger partial charge in [0.05, 0.1) is 24.3 Å². The highest BCUT2D eigenvalue weighted by Crippen LogP contribution is 2.34. The standard InChI is InChI=1S/C22H21F5O4.C21H19F5O4/c23-21(24,25)14-2-1-3-15-30-18-11-7-17(8-12-18)22(26,27)31-19-9-4-16(5-10-19)6-13-20(28)29;22-20(23,24)13-1-2-14-29-17-10-6-16(7-11-17)21(25,26)30-18-8-3-15(4-9-18)5-12-19(27)28/h4-13H,1-3,14-15H2,(H,28,29);3-12H,1-2,13-14H2,(H,27,28)/b13-6+;12-5+. The van der Waals surface area contributed by atoms with Crippen molar-refractivity contribution in [2.45, 2.75) is 69.5 Å². The Labute approximate surface area is 343 Å². The molecule has 4 aromatic carbocycles. The second-order valence-corrected chi connectivity index (χ2v) is 13.0. The van der Waals surface area contributed by atoms with Crippen LogP contribution in [0.4, 0.5) is 43.9 Å². The fourth-order valence-corrected chi connectivity index (χ4v) is 4.95. The SMILES string of the molecule is O=C(O)/C=C/c1ccc(OC(F)(F)c2ccc(OCCCCC(F)(F)F)cc2)cc1.O=C(O)/C=C/c1ccc(OC(F)(F)c2ccc(OCCCCCC(F)(F)F)cc2)cc1. The maximum absolute atomic E-state index is 14.4. The molecular formula is C43H40F10O8. The van der Waals surface area contributed by atoms with Gasteiger partial charge in [-0.1, -0.05) is 24.3 Å². The lowest BCUT2D eigenvalue weighted by Gasteiger charge is -2.18. The molecule has 0 aliphatic heterocycles. The van der Waals surface area contributed by atoms with Crippen molar-refractivity contribution in [2.75, 3.05) is 13.2 Å². The molecule has 0 atom stereocenters. The number of carboxylic acid groups (broad SMARTS) is 2. The Kier molecular flexibility index (Phi) is 18.5. The quantitative estimate of drug-likeness (QED) is 0.0484. The molecule has 0 spiro atoms. The molecule has 61 heavy (non-hydrogen) atoms. The number of halogens is 10. The van der Waals surface area contributed by atoms with Crippen LogP contribution in [-0.2, 0) is 21.8 Å². The molecule has 4 aromatic rings. The van der Waals surface area contributed by atoms with Crippen LogP contribution in [-0.4, -0.2) is 47.7 Å². The molecule has 330 valence electrons. The van der Waals surface area contributed by atoms with Gasteiger partial charge in [0.25, 0.3) is 0 Å². The van der Waals surface area contributed by atoms with E-state index in [1.165, 1.54) is 84.9 Å². The minimum atomic E-state index is -4.21. The molecule has 0 bridgehead atoms. The van der Waals surface area contributed by atoms with E-state index in [4.69, 9.17) is 29.2 Å². The summed E-state index contributed by atoms with van der Waals surface area (Å²) >= 11 is 0. The lowest BCUT2D eigenvalue weighted by atomic mass is 10.2. The highest BCUT2D eigenvalue weighted by Gasteiger charge is 2.35. The molecule has 0 aliphatic carbocycles. The minimum absolute atomic E-state index is 0.0200. The molecule has 2 N–H and O–H groups in total. The third-order valence-corrected chi connectivity index (χ3v) is 7.97. The summed E-state index contributed by atoms with van der Waals surface area (Å²) in [6.45, 7) is 0.234. The summed E-state index contributed by atoms with van der Waals surface area (Å²) < 4.78 is 150. The molecule has 0 aromatic heterocycles. The Hall–Kier alpha value is -6.20. The number of carboxylic acids is 2. The molecule has 0 unspecified atom stereocenters. The van der Waals surface area contributed by atoms with Gasteiger partial charge in [0.1, 0.15) is 23.0 Å². The van der Waals surface area contributed by atoms with Crippen LogP contribution in [0.5, 0.6) is 23.0 Å². The summed E-state index contributed by atoms with van der Waals surface area (Å²) in [6, 6.07) is 20.7. The molecular weight excluding hydrogens is 834 g/mol. The van der Waals surface area contributed by atoms with Gasteiger partial charge < -0.3 is 29.2 Å². The smallest absolute Gasteiger partial charge is 0.426 e. The lowest BCUT2D eigenvalue weighted by molar-refractivity contribution is -0.186. The van der Waals surface area contributed by atoms with E-state index in [2.05, 4.69) is 0 Å². The number of unbranched alkanes of at least 4 members (excludes halogenated alkanes) is 3. The molecule has 0 fully saturated rings. The maximum atomic E-state index is 14.4. The van der Waals surface area contributed by atoms with E-state index in [9.17, 15) is 53.5 Å². The van der Waals surface area contributed by atoms with Crippen LogP contribution >= 0.6 is 0 Å². The van der Waals surface area contributed by atoms with Crippen molar-refractivity contribution in [1.29, 1.82) is 0 Å². The zero-order valence-corrected chi connectivity index (χ0v) is 32.0. The van der Waals surface area contributed by atoms with Gasteiger partial charge in [0.15, 0.2) is 0 Å². The van der Waals surface area contributed by atoms with Gasteiger partial charge in [-0.3, -0.25) is 0 Å². The molecule has 0 saturated heterocycles. The average molecular weight is 875 g/mol. The number of benzene rings is 4. The summed E-state index contributed by atoms with van der Waals surface area (Å²) in [5.41, 5.74) is 0.185. The van der Waals surface area contributed by atoms with E-state index in [1.54, 1.807) is 0 Å². The summed E-state index contributed by atoms with van der Waals surface area (Å²) in [7, 11) is 0. The Bertz CT molecular complexity index is 1990. The predicted octanol–water partition coefficient (Wildman–Crippen LogP) is 12.4. The first kappa shape index (κ1) is 49.2. The van der Waals surface area contributed by atoms with Crippen LogP contribution < -0.4 is 18.9 Å². The molecule has 0 aliphatic rings. The molecule has 0 saturated carbocycles. The highest BCUT2D eigenvalue weighted by molar-refractivity contribution is 5.85. The monoisotopic (exact) mass is 874 g/mol. The van der Waals surface area contributed by atoms with Crippen molar-refractivity contribution < 1.29 is 82.7 Å². The number of aliphatic carboxylic acids is 2. The second-order valence-electron chi connectivity index (χ2n) is 13.0. The van der Waals surface area contributed by atoms with Gasteiger partial charge >= 0.3 is 36.5 Å². The van der Waals surface area contributed by atoms with Crippen LogP contribution in [0, 0.1) is 0 Å². The van der Waals surface area contributed by atoms with Crippen LogP contribution in [0.3, 0.4) is 0 Å². The Balaban J connectivity index is 0.000000325. The number of hydrogen-bond donors (Lipinski definition) is 2. The zero-order valence-electron chi connectivity index (χ0n) is 32.0. The van der Waals surface area contributed by atoms with E-state index >= 15 is 0 Å². The first-order valence-corrected chi connectivity index (χ1v) is 18.4. The molecule has 0 amide bonds. The largest absolute Gasteiger partial charge is 0.494 e. The van der Waals surface area contributed by atoms with Crippen LogP contribution in [0.25, 0.3) is 12.2 Å². The molecule has 0 heterocycles. The Morgan fingerprint density at radius 3 is 1.08 bits per heavy atom. The maximum Gasteiger partial charge on any atom is 0.426 e. The van der Waals surface area contributed by atoms with Gasteiger partial charge in [0.2, 0.25) is 0 Å². The third kappa shape index (κ3) is 20.1. The Morgan fingerprint density at radius 2 is 0.754 bits per heavy atom. The zero-order chi connectivity index (χ0) is 45.1. The van der Waals surface area contributed by atoms with Crippen LogP contribution in [0.15, 0.2) is 109 Å². The third-order valence-electron chi connectivity index (χ3n) is 7.97. The summed E-state index contributed by atoms with van der Waals surface area (Å²) in [5.74, 6) is -1.88. The summed E-state index contributed by atoms with van der Waals surface area (Å²) in [6.07, 6.45) is -11.9. The molecule has 8 nitrogen and oxygen atoms in total. The van der Waals surface area contributed by atoms with Gasteiger partial charge in [-0.2, -0.15) is 43.9 Å². The van der Waals surface area contributed by atoms with Crippen molar-refractivity contribution in [3.8, 4) is 23.0 Å². The van der Waals surface area contributed by atoms with Crippen LogP contribution in [0.1, 0.15) is 67.2 Å². The van der Waals surface area contributed by atoms with E-state index in [0.717, 1.165) is 36.4 Å². The van der Waals surface area contributed by atoms with Crippen molar-refractivity contribution in [1.82, 2.24) is 0 Å². The van der Waals surface area contributed by atoms with E-state index in [0.29, 0.717) is 29.7 Å². The predicted molar refractivity (Wildman–Crippen MR) is 204 cm³/mol. The number of ether oxygens (including phenoxy) is 4. The highest BCUT2D eigenvalue weighted by atomic mass is 19.4. The summed E-state index contributed by atoms with van der Waals surface area (Å²) in [5, 5.41) is 17.1. The fraction of sp³-hybridized carbons (Fsp3) is 0.302. The molecule has 0 radical (unpaired) electrons. The van der Waals surface area contributed by atoms with Gasteiger partial charge in [-0.15, -0.1) is 0 Å². The first-order chi connectivity index (χ1) is 28.6. The van der Waals surface area contributed by atoms with E-state index in [-0.39, 0.29) is 49.7 Å². The number of alkyl halides is 10.